The van der Waals surface area contributed by atoms with E-state index in [-0.39, 0.29) is 5.91 Å². The third kappa shape index (κ3) is 2.67. The maximum Gasteiger partial charge on any atom is 0.227 e. The summed E-state index contributed by atoms with van der Waals surface area (Å²) in [6.45, 7) is 5.53. The van der Waals surface area contributed by atoms with Crippen molar-refractivity contribution in [2.75, 3.05) is 16.8 Å². The van der Waals surface area contributed by atoms with E-state index in [1.54, 1.807) is 0 Å². The van der Waals surface area contributed by atoms with Crippen LogP contribution in [0.25, 0.3) is 0 Å². The second-order valence-corrected chi connectivity index (χ2v) is 6.91. The lowest BCUT2D eigenvalue weighted by Crippen LogP contribution is -2.26. The number of nitrogens with zero attached hydrogens (tertiary/aromatic N) is 1. The minimum Gasteiger partial charge on any atom is -0.381 e. The van der Waals surface area contributed by atoms with Crippen LogP contribution in [-0.4, -0.2) is 18.5 Å². The summed E-state index contributed by atoms with van der Waals surface area (Å²) in [5, 5.41) is 3.67. The van der Waals surface area contributed by atoms with Crippen LogP contribution in [0.5, 0.6) is 0 Å². The molecule has 1 amide bonds. The van der Waals surface area contributed by atoms with Crippen LogP contribution in [0.1, 0.15) is 46.0 Å². The van der Waals surface area contributed by atoms with Gasteiger partial charge >= 0.3 is 0 Å². The first-order valence-corrected chi connectivity index (χ1v) is 7.71. The Bertz CT molecular complexity index is 509. The van der Waals surface area contributed by atoms with Gasteiger partial charge in [0.25, 0.3) is 0 Å². The van der Waals surface area contributed by atoms with Gasteiger partial charge in [0, 0.05) is 19.0 Å². The lowest BCUT2D eigenvalue weighted by atomic mass is 9.92. The number of hydrogen-bond donors (Lipinski definition) is 1. The van der Waals surface area contributed by atoms with Gasteiger partial charge in [-0.2, -0.15) is 0 Å². The largest absolute Gasteiger partial charge is 0.381 e. The van der Waals surface area contributed by atoms with Gasteiger partial charge < -0.3 is 10.2 Å². The highest BCUT2D eigenvalue weighted by Crippen LogP contribution is 2.39. The van der Waals surface area contributed by atoms with Crippen LogP contribution in [0.15, 0.2) is 24.3 Å². The van der Waals surface area contributed by atoms with Gasteiger partial charge in [-0.05, 0) is 43.2 Å². The Kier molecular flexibility index (Phi) is 3.45. The van der Waals surface area contributed by atoms with Crippen molar-refractivity contribution in [2.45, 2.75) is 52.0 Å². The molecule has 1 saturated carbocycles. The molecular formula is C17H24N2O. The number of nitrogens with one attached hydrogen (secondary N) is 1. The lowest BCUT2D eigenvalue weighted by Gasteiger charge is -2.24. The van der Waals surface area contributed by atoms with E-state index >= 15 is 0 Å². The van der Waals surface area contributed by atoms with E-state index in [2.05, 4.69) is 31.3 Å². The SMILES string of the molecule is CC1(C)CCC(Nc2ccccc2N2CCCC2=O)C1. The second-order valence-electron chi connectivity index (χ2n) is 6.91. The van der Waals surface area contributed by atoms with Crippen LogP contribution >= 0.6 is 0 Å². The van der Waals surface area contributed by atoms with Crippen LogP contribution in [0, 0.1) is 5.41 Å². The van der Waals surface area contributed by atoms with Gasteiger partial charge in [-0.15, -0.1) is 0 Å². The monoisotopic (exact) mass is 272 g/mol. The molecule has 1 heterocycles. The van der Waals surface area contributed by atoms with Gasteiger partial charge in [0.15, 0.2) is 0 Å². The van der Waals surface area contributed by atoms with Crippen molar-refractivity contribution < 1.29 is 4.79 Å². The predicted octanol–water partition coefficient (Wildman–Crippen LogP) is 3.80. The maximum absolute atomic E-state index is 12.0. The molecule has 1 aliphatic heterocycles. The highest BCUT2D eigenvalue weighted by atomic mass is 16.2. The third-order valence-corrected chi connectivity index (χ3v) is 4.60. The molecular weight excluding hydrogens is 248 g/mol. The number of rotatable bonds is 3. The molecule has 3 rings (SSSR count). The van der Waals surface area contributed by atoms with Crippen molar-refractivity contribution >= 4 is 17.3 Å². The fraction of sp³-hybridized carbons (Fsp3) is 0.588. The Morgan fingerprint density at radius 3 is 2.75 bits per heavy atom. The van der Waals surface area contributed by atoms with Crippen molar-refractivity contribution in [1.29, 1.82) is 0 Å². The van der Waals surface area contributed by atoms with Crippen molar-refractivity contribution in [3.8, 4) is 0 Å². The minimum atomic E-state index is 0.256. The number of carbonyl (C=O) groups excluding carboxylic acids is 1. The third-order valence-electron chi connectivity index (χ3n) is 4.60. The zero-order valence-corrected chi connectivity index (χ0v) is 12.5. The molecule has 108 valence electrons. The Balaban J connectivity index is 1.78. The van der Waals surface area contributed by atoms with Crippen molar-refractivity contribution in [1.82, 2.24) is 0 Å². The van der Waals surface area contributed by atoms with E-state index in [4.69, 9.17) is 0 Å². The molecule has 1 saturated heterocycles. The number of anilines is 2. The van der Waals surface area contributed by atoms with Gasteiger partial charge in [-0.25, -0.2) is 0 Å². The summed E-state index contributed by atoms with van der Waals surface area (Å²) < 4.78 is 0. The van der Waals surface area contributed by atoms with Gasteiger partial charge in [0.2, 0.25) is 5.91 Å². The average Bonchev–Trinajstić information content (AvgIpc) is 2.96. The molecule has 2 aliphatic rings. The van der Waals surface area contributed by atoms with E-state index in [1.165, 1.54) is 19.3 Å². The van der Waals surface area contributed by atoms with Crippen molar-refractivity contribution in [3.05, 3.63) is 24.3 Å². The molecule has 1 unspecified atom stereocenters. The average molecular weight is 272 g/mol. The molecule has 0 radical (unpaired) electrons. The molecule has 1 aliphatic carbocycles. The van der Waals surface area contributed by atoms with Crippen LogP contribution in [0.2, 0.25) is 0 Å². The van der Waals surface area contributed by atoms with Gasteiger partial charge in [0.1, 0.15) is 0 Å². The van der Waals surface area contributed by atoms with Crippen LogP contribution in [0.4, 0.5) is 11.4 Å². The van der Waals surface area contributed by atoms with E-state index in [9.17, 15) is 4.79 Å². The predicted molar refractivity (Wildman–Crippen MR) is 83.1 cm³/mol. The van der Waals surface area contributed by atoms with Crippen molar-refractivity contribution in [2.24, 2.45) is 5.41 Å². The number of hydrogen-bond acceptors (Lipinski definition) is 2. The Labute approximate surface area is 121 Å². The summed E-state index contributed by atoms with van der Waals surface area (Å²) in [7, 11) is 0. The topological polar surface area (TPSA) is 32.3 Å². The first kappa shape index (κ1) is 13.5. The lowest BCUT2D eigenvalue weighted by molar-refractivity contribution is -0.117. The second kappa shape index (κ2) is 5.12. The summed E-state index contributed by atoms with van der Waals surface area (Å²) in [6, 6.07) is 8.76. The molecule has 1 atom stereocenters. The van der Waals surface area contributed by atoms with Gasteiger partial charge in [-0.1, -0.05) is 26.0 Å². The summed E-state index contributed by atoms with van der Waals surface area (Å²) in [5.41, 5.74) is 2.61. The summed E-state index contributed by atoms with van der Waals surface area (Å²) in [4.78, 5) is 13.9. The fourth-order valence-electron chi connectivity index (χ4n) is 3.51. The fourth-order valence-corrected chi connectivity index (χ4v) is 3.51. The van der Waals surface area contributed by atoms with E-state index in [0.29, 0.717) is 17.9 Å². The number of carbonyl (C=O) groups is 1. The quantitative estimate of drug-likeness (QED) is 0.907. The maximum atomic E-state index is 12.0. The highest BCUT2D eigenvalue weighted by Gasteiger charge is 2.31. The summed E-state index contributed by atoms with van der Waals surface area (Å²) >= 11 is 0. The minimum absolute atomic E-state index is 0.256. The standard InChI is InChI=1S/C17H24N2O/c1-17(2)10-9-13(12-17)18-14-6-3-4-7-15(14)19-11-5-8-16(19)20/h3-4,6-7,13,18H,5,8-12H2,1-2H3. The smallest absolute Gasteiger partial charge is 0.227 e. The molecule has 1 N–H and O–H groups in total. The van der Waals surface area contributed by atoms with Crippen molar-refractivity contribution in [3.63, 3.8) is 0 Å². The van der Waals surface area contributed by atoms with Crippen LogP contribution < -0.4 is 10.2 Å². The first-order valence-electron chi connectivity index (χ1n) is 7.71. The van der Waals surface area contributed by atoms with Gasteiger partial charge in [-0.3, -0.25) is 4.79 Å². The summed E-state index contributed by atoms with van der Waals surface area (Å²) in [6.07, 6.45) is 5.36. The van der Waals surface area contributed by atoms with Crippen LogP contribution in [-0.2, 0) is 4.79 Å². The Morgan fingerprint density at radius 1 is 1.30 bits per heavy atom. The molecule has 20 heavy (non-hydrogen) atoms. The molecule has 3 heteroatoms. The zero-order valence-electron chi connectivity index (χ0n) is 12.5. The van der Waals surface area contributed by atoms with E-state index in [0.717, 1.165) is 24.3 Å². The highest BCUT2D eigenvalue weighted by molar-refractivity contribution is 5.98. The normalized spacial score (nSPS) is 25.2. The molecule has 2 fully saturated rings. The van der Waals surface area contributed by atoms with Gasteiger partial charge in [0.05, 0.1) is 11.4 Å². The molecule has 1 aromatic carbocycles. The van der Waals surface area contributed by atoms with Crippen LogP contribution in [0.3, 0.4) is 0 Å². The molecule has 3 nitrogen and oxygen atoms in total. The summed E-state index contributed by atoms with van der Waals surface area (Å²) in [5.74, 6) is 0.256. The molecule has 0 bridgehead atoms. The molecule has 1 aromatic rings. The molecule has 0 spiro atoms. The zero-order chi connectivity index (χ0) is 14.2. The number of benzene rings is 1. The number of para-hydroxylation sites is 2. The molecule has 0 aromatic heterocycles. The Morgan fingerprint density at radius 2 is 2.10 bits per heavy atom. The number of amides is 1. The first-order chi connectivity index (χ1) is 9.55. The Hall–Kier alpha value is -1.51. The van der Waals surface area contributed by atoms with E-state index in [1.807, 2.05) is 17.0 Å². The van der Waals surface area contributed by atoms with E-state index < -0.39 is 0 Å².